The Hall–Kier alpha value is -0.730. The van der Waals surface area contributed by atoms with Gasteiger partial charge in [0, 0.05) is 30.8 Å². The maximum absolute atomic E-state index is 6.08. The molecule has 0 saturated heterocycles. The summed E-state index contributed by atoms with van der Waals surface area (Å²) < 4.78 is 0. The van der Waals surface area contributed by atoms with E-state index in [1.807, 2.05) is 6.07 Å². The lowest BCUT2D eigenvalue weighted by Gasteiger charge is -2.23. The largest absolute Gasteiger partial charge is 0.374 e. The third kappa shape index (κ3) is 4.87. The number of rotatable bonds is 7. The maximum atomic E-state index is 6.08. The van der Waals surface area contributed by atoms with Crippen molar-refractivity contribution in [3.8, 4) is 0 Å². The number of hydrogen-bond donors (Lipinski definition) is 1. The Morgan fingerprint density at radius 1 is 1.33 bits per heavy atom. The van der Waals surface area contributed by atoms with Crippen molar-refractivity contribution in [3.63, 3.8) is 0 Å². The minimum atomic E-state index is 0.733. The molecular weight excluding hydrogens is 244 g/mol. The van der Waals surface area contributed by atoms with Gasteiger partial charge >= 0.3 is 0 Å². The average molecular weight is 269 g/mol. The molecule has 0 aromatic heterocycles. The summed E-state index contributed by atoms with van der Waals surface area (Å²) in [5, 5.41) is 4.18. The van der Waals surface area contributed by atoms with Crippen molar-refractivity contribution < 1.29 is 0 Å². The zero-order chi connectivity index (χ0) is 13.5. The van der Waals surface area contributed by atoms with Crippen molar-refractivity contribution in [3.05, 3.63) is 28.8 Å². The molecule has 1 aromatic carbocycles. The summed E-state index contributed by atoms with van der Waals surface area (Å²) in [6.45, 7) is 9.57. The maximum Gasteiger partial charge on any atom is 0.0410 e. The van der Waals surface area contributed by atoms with E-state index in [0.29, 0.717) is 0 Å². The first-order chi connectivity index (χ1) is 8.54. The molecule has 0 unspecified atom stereocenters. The molecule has 2 nitrogen and oxygen atoms in total. The van der Waals surface area contributed by atoms with Gasteiger partial charge in [0.2, 0.25) is 0 Å². The zero-order valence-electron chi connectivity index (χ0n) is 12.0. The van der Waals surface area contributed by atoms with Gasteiger partial charge in [0.05, 0.1) is 0 Å². The highest BCUT2D eigenvalue weighted by atomic mass is 35.5. The number of halogens is 1. The van der Waals surface area contributed by atoms with Gasteiger partial charge in [-0.2, -0.15) is 0 Å². The fourth-order valence-electron chi connectivity index (χ4n) is 1.90. The molecule has 0 radical (unpaired) electrons. The van der Waals surface area contributed by atoms with Crippen LogP contribution in [0.1, 0.15) is 32.8 Å². The van der Waals surface area contributed by atoms with Gasteiger partial charge in [-0.1, -0.05) is 32.4 Å². The van der Waals surface area contributed by atoms with E-state index in [2.05, 4.69) is 50.2 Å². The summed E-state index contributed by atoms with van der Waals surface area (Å²) in [6, 6.07) is 6.15. The van der Waals surface area contributed by atoms with Gasteiger partial charge in [0.15, 0.2) is 0 Å². The molecule has 102 valence electrons. The summed E-state index contributed by atoms with van der Waals surface area (Å²) in [7, 11) is 2.15. The lowest BCUT2D eigenvalue weighted by Crippen LogP contribution is -2.23. The molecule has 0 saturated carbocycles. The molecular formula is C15H25ClN2. The van der Waals surface area contributed by atoms with Crippen LogP contribution in [-0.2, 0) is 6.54 Å². The first-order valence-corrected chi connectivity index (χ1v) is 7.12. The molecule has 1 aromatic rings. The summed E-state index contributed by atoms with van der Waals surface area (Å²) in [6.07, 6.45) is 1.21. The monoisotopic (exact) mass is 268 g/mol. The van der Waals surface area contributed by atoms with E-state index in [1.54, 1.807) is 0 Å². The van der Waals surface area contributed by atoms with Crippen LogP contribution in [0.3, 0.4) is 0 Å². The van der Waals surface area contributed by atoms with Gasteiger partial charge in [0.1, 0.15) is 0 Å². The highest BCUT2D eigenvalue weighted by molar-refractivity contribution is 6.30. The highest BCUT2D eigenvalue weighted by Gasteiger charge is 2.08. The van der Waals surface area contributed by atoms with E-state index in [0.717, 1.165) is 30.6 Å². The Bertz CT molecular complexity index is 364. The second-order valence-corrected chi connectivity index (χ2v) is 5.59. The molecule has 18 heavy (non-hydrogen) atoms. The van der Waals surface area contributed by atoms with E-state index in [4.69, 9.17) is 11.6 Å². The van der Waals surface area contributed by atoms with Gasteiger partial charge in [0.25, 0.3) is 0 Å². The Morgan fingerprint density at radius 3 is 2.67 bits per heavy atom. The molecule has 3 heteroatoms. The molecule has 0 spiro atoms. The minimum absolute atomic E-state index is 0.733. The third-order valence-corrected chi connectivity index (χ3v) is 3.30. The number of hydrogen-bond acceptors (Lipinski definition) is 2. The molecule has 0 aliphatic heterocycles. The topological polar surface area (TPSA) is 15.3 Å². The van der Waals surface area contributed by atoms with Gasteiger partial charge in [-0.15, -0.1) is 0 Å². The van der Waals surface area contributed by atoms with Crippen molar-refractivity contribution in [2.75, 3.05) is 25.0 Å². The second kappa shape index (κ2) is 7.65. The number of nitrogens with zero attached hydrogens (tertiary/aromatic N) is 1. The van der Waals surface area contributed by atoms with Crippen LogP contribution in [0, 0.1) is 5.92 Å². The SMILES string of the molecule is CCNCc1cc(Cl)ccc1N(C)CCC(C)C. The standard InChI is InChI=1S/C15H25ClN2/c1-5-17-11-13-10-14(16)6-7-15(13)18(4)9-8-12(2)3/h6-7,10,12,17H,5,8-9,11H2,1-4H3. The average Bonchev–Trinajstić information content (AvgIpc) is 2.33. The third-order valence-electron chi connectivity index (χ3n) is 3.06. The van der Waals surface area contributed by atoms with Crippen LogP contribution >= 0.6 is 11.6 Å². The lowest BCUT2D eigenvalue weighted by molar-refractivity contribution is 0.584. The number of anilines is 1. The normalized spacial score (nSPS) is 11.0. The highest BCUT2D eigenvalue weighted by Crippen LogP contribution is 2.24. The first kappa shape index (κ1) is 15.3. The molecule has 0 aliphatic rings. The minimum Gasteiger partial charge on any atom is -0.374 e. The fraction of sp³-hybridized carbons (Fsp3) is 0.600. The quantitative estimate of drug-likeness (QED) is 0.806. The Morgan fingerprint density at radius 2 is 2.06 bits per heavy atom. The lowest BCUT2D eigenvalue weighted by atomic mass is 10.1. The van der Waals surface area contributed by atoms with Crippen LogP contribution in [0.15, 0.2) is 18.2 Å². The van der Waals surface area contributed by atoms with Gasteiger partial charge in [-0.05, 0) is 42.6 Å². The van der Waals surface area contributed by atoms with Crippen molar-refractivity contribution in [1.82, 2.24) is 5.32 Å². The molecule has 1 N–H and O–H groups in total. The van der Waals surface area contributed by atoms with Crippen molar-refractivity contribution in [2.24, 2.45) is 5.92 Å². The van der Waals surface area contributed by atoms with Crippen molar-refractivity contribution >= 4 is 17.3 Å². The van der Waals surface area contributed by atoms with E-state index in [9.17, 15) is 0 Å². The van der Waals surface area contributed by atoms with Crippen LogP contribution in [-0.4, -0.2) is 20.1 Å². The number of benzene rings is 1. The molecule has 0 fully saturated rings. The molecule has 0 bridgehead atoms. The Kier molecular flexibility index (Phi) is 6.51. The molecule has 1 rings (SSSR count). The fourth-order valence-corrected chi connectivity index (χ4v) is 2.09. The van der Waals surface area contributed by atoms with Gasteiger partial charge < -0.3 is 10.2 Å². The Labute approximate surface area is 116 Å². The van der Waals surface area contributed by atoms with E-state index < -0.39 is 0 Å². The number of nitrogens with one attached hydrogen (secondary N) is 1. The van der Waals surface area contributed by atoms with Gasteiger partial charge in [-0.25, -0.2) is 0 Å². The molecule has 0 atom stereocenters. The predicted octanol–water partition coefficient (Wildman–Crippen LogP) is 3.93. The zero-order valence-corrected chi connectivity index (χ0v) is 12.7. The van der Waals surface area contributed by atoms with E-state index in [1.165, 1.54) is 17.7 Å². The van der Waals surface area contributed by atoms with Crippen LogP contribution in [0.2, 0.25) is 5.02 Å². The van der Waals surface area contributed by atoms with Crippen LogP contribution in [0.4, 0.5) is 5.69 Å². The summed E-state index contributed by atoms with van der Waals surface area (Å²) in [5.74, 6) is 0.733. The van der Waals surface area contributed by atoms with Crippen molar-refractivity contribution in [2.45, 2.75) is 33.7 Å². The second-order valence-electron chi connectivity index (χ2n) is 5.16. The van der Waals surface area contributed by atoms with Gasteiger partial charge in [-0.3, -0.25) is 0 Å². The molecule has 0 amide bonds. The van der Waals surface area contributed by atoms with E-state index in [-0.39, 0.29) is 0 Å². The van der Waals surface area contributed by atoms with Crippen LogP contribution in [0.25, 0.3) is 0 Å². The van der Waals surface area contributed by atoms with Crippen LogP contribution in [0.5, 0.6) is 0 Å². The summed E-state index contributed by atoms with van der Waals surface area (Å²) in [5.41, 5.74) is 2.55. The summed E-state index contributed by atoms with van der Waals surface area (Å²) in [4.78, 5) is 2.32. The smallest absolute Gasteiger partial charge is 0.0410 e. The first-order valence-electron chi connectivity index (χ1n) is 6.74. The predicted molar refractivity (Wildman–Crippen MR) is 81.6 cm³/mol. The summed E-state index contributed by atoms with van der Waals surface area (Å²) >= 11 is 6.08. The van der Waals surface area contributed by atoms with E-state index >= 15 is 0 Å². The Balaban J connectivity index is 2.78. The van der Waals surface area contributed by atoms with Crippen molar-refractivity contribution in [1.29, 1.82) is 0 Å². The molecule has 0 heterocycles. The molecule has 0 aliphatic carbocycles. The van der Waals surface area contributed by atoms with Crippen LogP contribution < -0.4 is 10.2 Å².